The fourth-order valence-corrected chi connectivity index (χ4v) is 9.58. The number of aromatic nitrogens is 3. The number of rotatable bonds is 5. The van der Waals surface area contributed by atoms with E-state index in [0.29, 0.717) is 34.0 Å². The topological polar surface area (TPSA) is 38.7 Å². The third-order valence-corrected chi connectivity index (χ3v) is 12.1. The molecule has 0 spiro atoms. The van der Waals surface area contributed by atoms with Crippen LogP contribution in [-0.2, 0) is 0 Å². The second-order valence-electron chi connectivity index (χ2n) is 12.1. The van der Waals surface area contributed by atoms with E-state index in [1.54, 1.807) is 0 Å². The van der Waals surface area contributed by atoms with E-state index in [-0.39, 0.29) is 55.1 Å². The molecule has 0 amide bonds. The summed E-state index contributed by atoms with van der Waals surface area (Å²) >= 11 is 1.90. The Labute approximate surface area is 380 Å². The molecule has 0 fully saturated rings. The van der Waals surface area contributed by atoms with Crippen molar-refractivity contribution in [3.05, 3.63) is 175 Å². The Kier molecular flexibility index (Phi) is 3.44. The predicted octanol–water partition coefficient (Wildman–Crippen LogP) is 15.3. The van der Waals surface area contributed by atoms with Crippen LogP contribution in [0.4, 0.5) is 0 Å². The first-order chi connectivity index (χ1) is 40.3. The zero-order valence-corrected chi connectivity index (χ0v) is 30.5. The molecule has 4 aromatic heterocycles. The second-order valence-corrected chi connectivity index (χ2v) is 15.1. The summed E-state index contributed by atoms with van der Waals surface area (Å²) < 4.78 is 260. The summed E-state index contributed by atoms with van der Waals surface area (Å²) in [7, 11) is 0. The first-order valence-corrected chi connectivity index (χ1v) is 19.0. The van der Waals surface area contributed by atoms with Crippen molar-refractivity contribution in [2.24, 2.45) is 0 Å². The van der Waals surface area contributed by atoms with Crippen molar-refractivity contribution in [3.63, 3.8) is 0 Å². The molecule has 0 saturated heterocycles. The van der Waals surface area contributed by atoms with Crippen LogP contribution >= 0.6 is 34.0 Å². The fraction of sp³-hybridized carbons (Fsp3) is 0. The molecule has 8 aromatic carbocycles. The average molecular weight is 809 g/mol. The van der Waals surface area contributed by atoms with Crippen molar-refractivity contribution in [3.8, 4) is 56.4 Å². The van der Waals surface area contributed by atoms with E-state index < -0.39 is 237 Å². The minimum Gasteiger partial charge on any atom is -0.208 e. The van der Waals surface area contributed by atoms with Crippen molar-refractivity contribution < 1.29 is 39.8 Å². The van der Waals surface area contributed by atoms with Gasteiger partial charge in [0.05, 0.1) is 39.8 Å². The van der Waals surface area contributed by atoms with Crippen LogP contribution in [0.25, 0.3) is 117 Å². The molecule has 12 aromatic rings. The van der Waals surface area contributed by atoms with Crippen LogP contribution in [0.2, 0.25) is 0 Å². The zero-order valence-electron chi connectivity index (χ0n) is 57.1. The molecule has 0 aliphatic rings. The largest absolute Gasteiger partial charge is 0.208 e. The number of nitrogens with zero attached hydrogens (tertiary/aromatic N) is 3. The maximum absolute atomic E-state index is 10.3. The molecule has 0 N–H and O–H groups in total. The van der Waals surface area contributed by atoms with E-state index in [0.717, 1.165) is 0 Å². The van der Waals surface area contributed by atoms with E-state index >= 15 is 0 Å². The van der Waals surface area contributed by atoms with Gasteiger partial charge in [0.25, 0.3) is 0 Å². The predicted molar refractivity (Wildman–Crippen MR) is 246 cm³/mol. The summed E-state index contributed by atoms with van der Waals surface area (Å²) in [5.41, 5.74) is -4.10. The molecule has 0 aliphatic carbocycles. The van der Waals surface area contributed by atoms with Gasteiger partial charge in [0.15, 0.2) is 17.5 Å². The van der Waals surface area contributed by atoms with E-state index in [4.69, 9.17) is 24.7 Å². The number of fused-ring (bicyclic) bond motifs is 9. The lowest BCUT2D eigenvalue weighted by atomic mass is 9.93. The lowest BCUT2D eigenvalue weighted by molar-refractivity contribution is 1.08. The molecule has 266 valence electrons. The highest BCUT2D eigenvalue weighted by atomic mass is 32.1. The van der Waals surface area contributed by atoms with Gasteiger partial charge in [0.2, 0.25) is 0 Å². The van der Waals surface area contributed by atoms with E-state index in [2.05, 4.69) is 15.0 Å². The summed E-state index contributed by atoms with van der Waals surface area (Å²) in [4.78, 5) is 13.2. The summed E-state index contributed by atoms with van der Waals surface area (Å²) in [5, 5.41) is -1.69. The van der Waals surface area contributed by atoms with Crippen molar-refractivity contribution >= 4 is 94.5 Å². The van der Waals surface area contributed by atoms with Gasteiger partial charge < -0.3 is 0 Å². The average Bonchev–Trinajstić information content (AvgIpc) is 1.69. The summed E-state index contributed by atoms with van der Waals surface area (Å²) in [6.45, 7) is 0. The van der Waals surface area contributed by atoms with Crippen molar-refractivity contribution in [1.82, 2.24) is 15.0 Å². The fourth-order valence-electron chi connectivity index (χ4n) is 6.47. The smallest absolute Gasteiger partial charge is 0.164 e. The molecule has 6 heteroatoms. The Morgan fingerprint density at radius 2 is 0.860 bits per heavy atom. The van der Waals surface area contributed by atoms with Crippen LogP contribution in [0.5, 0.6) is 0 Å². The van der Waals surface area contributed by atoms with Crippen LogP contribution in [0, 0.1) is 0 Å². The molecular weight excluding hydrogens is 751 g/mol. The molecular formula is C51H29N3S3. The van der Waals surface area contributed by atoms with Crippen LogP contribution in [0.15, 0.2) is 175 Å². The van der Waals surface area contributed by atoms with Crippen LogP contribution in [0.1, 0.15) is 39.8 Å². The number of thiophene rings is 3. The summed E-state index contributed by atoms with van der Waals surface area (Å²) in [6.07, 6.45) is 0. The molecule has 0 bridgehead atoms. The highest BCUT2D eigenvalue weighted by Crippen LogP contribution is 2.48. The van der Waals surface area contributed by atoms with Crippen LogP contribution in [0.3, 0.4) is 0 Å². The maximum Gasteiger partial charge on any atom is 0.164 e. The minimum absolute atomic E-state index is 0.0740. The minimum atomic E-state index is -0.916. The molecule has 4 heterocycles. The van der Waals surface area contributed by atoms with E-state index in [1.165, 1.54) is 0 Å². The van der Waals surface area contributed by atoms with Crippen molar-refractivity contribution in [1.29, 1.82) is 0 Å². The van der Waals surface area contributed by atoms with Gasteiger partial charge in [-0.1, -0.05) is 139 Å². The lowest BCUT2D eigenvalue weighted by Gasteiger charge is -2.11. The molecule has 12 rings (SSSR count). The lowest BCUT2D eigenvalue weighted by Crippen LogP contribution is -2.00. The normalized spacial score (nSPS) is 19.0. The summed E-state index contributed by atoms with van der Waals surface area (Å²) in [5.74, 6) is -2.31. The van der Waals surface area contributed by atoms with Gasteiger partial charge in [0.1, 0.15) is 0 Å². The molecule has 0 unspecified atom stereocenters. The van der Waals surface area contributed by atoms with Crippen LogP contribution < -0.4 is 0 Å². The first-order valence-electron chi connectivity index (χ1n) is 31.1. The monoisotopic (exact) mass is 808 g/mol. The third kappa shape index (κ3) is 5.33. The third-order valence-electron chi connectivity index (χ3n) is 8.89. The Balaban J connectivity index is 1.26. The van der Waals surface area contributed by atoms with Gasteiger partial charge in [-0.25, -0.2) is 15.0 Å². The van der Waals surface area contributed by atoms with Gasteiger partial charge in [0, 0.05) is 77.2 Å². The van der Waals surface area contributed by atoms with Gasteiger partial charge in [-0.15, -0.1) is 34.0 Å². The molecule has 0 atom stereocenters. The molecule has 57 heavy (non-hydrogen) atoms. The highest BCUT2D eigenvalue weighted by molar-refractivity contribution is 7.27. The maximum atomic E-state index is 10.3. The standard InChI is InChI=1S/C51H29N3S3/c1-3-13-30(14-4-1)49-52-50(31-15-5-2-6-16-31)54-51(53-49)39-21-12-24-43-47(39)38-20-11-19-34(48(38)57-43)33-27-40(46-37-18-8-10-23-42(37)56-45(46)29-33)32-25-26-36-35-17-7-9-22-41(35)55-44(36)28-32/h1-29H/i1D,2D,3D,4D,5D,6D,7D,8D,9D,10D,11D,12D,13D,14D,15D,16D,17D,18D,19D,20D,21D,22D,23D,24D,25D,26D,27D,28D,29D. The number of hydrogen-bond donors (Lipinski definition) is 0. The van der Waals surface area contributed by atoms with Crippen LogP contribution in [-0.4, -0.2) is 15.0 Å². The Hall–Kier alpha value is -6.57. The quantitative estimate of drug-likeness (QED) is 0.174. The SMILES string of the molecule is [2H]c1c([2H])c([2H])c(-c2nc(-c3c([2H])c([2H])c([2H])c([2H])c3[2H])nc(-c3c([2H])c([2H])c([2H])c4sc5c(-c6c([2H])c(-c7c([2H])c([2H])c8c(sc9c([2H])c([2H])c([2H])c([2H])c98)c7[2H])c7c(sc8c([2H])c([2H])c([2H])c([2H])c87)c6[2H])c([2H])c([2H])c([2H])c5c34)n2)c([2H])c1[2H]. The van der Waals surface area contributed by atoms with E-state index in [9.17, 15) is 15.1 Å². The van der Waals surface area contributed by atoms with E-state index in [1.807, 2.05) is 0 Å². The second kappa shape index (κ2) is 13.0. The molecule has 3 nitrogen and oxygen atoms in total. The van der Waals surface area contributed by atoms with Gasteiger partial charge in [-0.2, -0.15) is 0 Å². The molecule has 0 saturated carbocycles. The first kappa shape index (κ1) is 15.1. The zero-order chi connectivity index (χ0) is 62.7. The number of benzene rings is 8. The van der Waals surface area contributed by atoms with Gasteiger partial charge in [-0.3, -0.25) is 0 Å². The van der Waals surface area contributed by atoms with Gasteiger partial charge in [-0.05, 0) is 58.5 Å². The summed E-state index contributed by atoms with van der Waals surface area (Å²) in [6, 6.07) is -22.3. The Morgan fingerprint density at radius 1 is 0.316 bits per heavy atom. The molecule has 0 radical (unpaired) electrons. The molecule has 0 aliphatic heterocycles. The highest BCUT2D eigenvalue weighted by Gasteiger charge is 2.20. The van der Waals surface area contributed by atoms with Crippen molar-refractivity contribution in [2.45, 2.75) is 0 Å². The Bertz CT molecular complexity index is 5100. The van der Waals surface area contributed by atoms with Crippen molar-refractivity contribution in [2.75, 3.05) is 0 Å². The number of hydrogen-bond acceptors (Lipinski definition) is 6. The van der Waals surface area contributed by atoms with Gasteiger partial charge >= 0.3 is 0 Å². The Morgan fingerprint density at radius 3 is 1.63 bits per heavy atom.